The number of alkyl halides is 5. The van der Waals surface area contributed by atoms with E-state index < -0.39 is 35.3 Å². The van der Waals surface area contributed by atoms with Gasteiger partial charge < -0.3 is 20.6 Å². The normalized spacial score (nSPS) is 21.6. The van der Waals surface area contributed by atoms with E-state index in [4.69, 9.17) is 15.7 Å². The highest BCUT2D eigenvalue weighted by Crippen LogP contribution is 2.35. The minimum absolute atomic E-state index is 0.0431. The van der Waals surface area contributed by atoms with Crippen LogP contribution >= 0.6 is 0 Å². The van der Waals surface area contributed by atoms with Crippen molar-refractivity contribution in [3.8, 4) is 0 Å². The van der Waals surface area contributed by atoms with Gasteiger partial charge in [-0.15, -0.1) is 0 Å². The fraction of sp³-hybridized carbons (Fsp3) is 0.481. The van der Waals surface area contributed by atoms with Gasteiger partial charge in [0.25, 0.3) is 6.43 Å². The average molecular weight is 583 g/mol. The molecule has 2 aliphatic rings. The SMILES string of the molecule is CC(O)(CCN=S1CCN(c2nc(N3CC[C@H](N)C3)c3cc(C(F)F)ccc3n2)Cc2ccccc21)C(F)(F)F. The zero-order valence-corrected chi connectivity index (χ0v) is 22.7. The van der Waals surface area contributed by atoms with Crippen LogP contribution in [0.15, 0.2) is 51.7 Å². The first kappa shape index (κ1) is 28.6. The molecule has 3 heterocycles. The lowest BCUT2D eigenvalue weighted by Gasteiger charge is -2.25. The fourth-order valence-corrected chi connectivity index (χ4v) is 6.76. The van der Waals surface area contributed by atoms with Crippen LogP contribution in [0, 0.1) is 0 Å². The standard InChI is InChI=1S/C27H31F5N6OS/c1-26(39,27(30,31)32)9-10-34-40-13-12-38(15-18-4-2-3-5-22(18)40)25-35-21-7-6-17(23(28)29)14-20(21)24(36-25)37-11-8-19(33)16-37/h2-7,14,19,23,39H,8-13,15-16,33H2,1H3/t19-,26?,40?/m0/s1. The highest BCUT2D eigenvalue weighted by Gasteiger charge is 2.49. The zero-order chi connectivity index (χ0) is 28.7. The molecule has 1 saturated heterocycles. The van der Waals surface area contributed by atoms with Crippen LogP contribution < -0.4 is 15.5 Å². The van der Waals surface area contributed by atoms with Crippen molar-refractivity contribution in [2.75, 3.05) is 41.7 Å². The second-order valence-electron chi connectivity index (χ2n) is 10.4. The maximum atomic E-state index is 13.5. The van der Waals surface area contributed by atoms with E-state index in [0.717, 1.165) is 23.8 Å². The Morgan fingerprint density at radius 2 is 1.90 bits per heavy atom. The number of halogens is 5. The third-order valence-electron chi connectivity index (χ3n) is 7.35. The van der Waals surface area contributed by atoms with E-state index in [9.17, 15) is 27.1 Å². The van der Waals surface area contributed by atoms with Gasteiger partial charge in [0.1, 0.15) is 5.82 Å². The maximum Gasteiger partial charge on any atom is 0.416 e. The third-order valence-corrected chi connectivity index (χ3v) is 9.32. The smallest absolute Gasteiger partial charge is 0.381 e. The highest BCUT2D eigenvalue weighted by atomic mass is 32.2. The summed E-state index contributed by atoms with van der Waals surface area (Å²) in [7, 11) is -0.701. The Balaban J connectivity index is 1.48. The Labute approximate surface area is 231 Å². The van der Waals surface area contributed by atoms with Crippen molar-refractivity contribution in [2.24, 2.45) is 10.1 Å². The van der Waals surface area contributed by atoms with Gasteiger partial charge in [-0.1, -0.05) is 35.0 Å². The van der Waals surface area contributed by atoms with E-state index in [1.807, 2.05) is 34.1 Å². The van der Waals surface area contributed by atoms with Crippen molar-refractivity contribution in [3.63, 3.8) is 0 Å². The molecule has 216 valence electrons. The Bertz CT molecular complexity index is 1420. The van der Waals surface area contributed by atoms with E-state index >= 15 is 0 Å². The van der Waals surface area contributed by atoms with Gasteiger partial charge in [-0.25, -0.2) is 13.8 Å². The number of nitrogens with two attached hydrogens (primary N) is 1. The highest BCUT2D eigenvalue weighted by molar-refractivity contribution is 7.87. The molecule has 13 heteroatoms. The van der Waals surface area contributed by atoms with Crippen LogP contribution in [-0.2, 0) is 17.2 Å². The Morgan fingerprint density at radius 1 is 1.12 bits per heavy atom. The molecular formula is C27H31F5N6OS. The average Bonchev–Trinajstić information content (AvgIpc) is 3.25. The molecule has 0 amide bonds. The summed E-state index contributed by atoms with van der Waals surface area (Å²) in [6.07, 6.45) is -7.12. The first-order chi connectivity index (χ1) is 18.9. The van der Waals surface area contributed by atoms with Gasteiger partial charge in [0, 0.05) is 66.8 Å². The van der Waals surface area contributed by atoms with Gasteiger partial charge in [-0.2, -0.15) is 18.2 Å². The topological polar surface area (TPSA) is 90.9 Å². The van der Waals surface area contributed by atoms with Crippen molar-refractivity contribution >= 4 is 33.4 Å². The number of hydrogen-bond acceptors (Lipinski definition) is 7. The molecular weight excluding hydrogens is 551 g/mol. The molecule has 2 unspecified atom stereocenters. The van der Waals surface area contributed by atoms with Gasteiger partial charge in [0.05, 0.1) is 5.52 Å². The molecule has 0 saturated carbocycles. The molecule has 2 aromatic carbocycles. The molecule has 3 N–H and O–H groups in total. The van der Waals surface area contributed by atoms with Crippen molar-refractivity contribution in [3.05, 3.63) is 53.6 Å². The summed E-state index contributed by atoms with van der Waals surface area (Å²) in [5.74, 6) is 1.53. The minimum Gasteiger partial charge on any atom is -0.381 e. The molecule has 40 heavy (non-hydrogen) atoms. The van der Waals surface area contributed by atoms with Gasteiger partial charge in [-0.3, -0.25) is 4.36 Å². The van der Waals surface area contributed by atoms with Gasteiger partial charge in [0.2, 0.25) is 5.95 Å². The maximum absolute atomic E-state index is 13.5. The fourth-order valence-electron chi connectivity index (χ4n) is 4.89. The second-order valence-corrected chi connectivity index (χ2v) is 12.2. The van der Waals surface area contributed by atoms with Gasteiger partial charge in [-0.05, 0) is 37.1 Å². The summed E-state index contributed by atoms with van der Waals surface area (Å²) in [5, 5.41) is 10.4. The van der Waals surface area contributed by atoms with Crippen molar-refractivity contribution < 1.29 is 27.1 Å². The lowest BCUT2D eigenvalue weighted by molar-refractivity contribution is -0.254. The van der Waals surface area contributed by atoms with Crippen LogP contribution in [0.5, 0.6) is 0 Å². The molecule has 0 bridgehead atoms. The summed E-state index contributed by atoms with van der Waals surface area (Å²) in [6.45, 7) is 2.77. The van der Waals surface area contributed by atoms with Crippen molar-refractivity contribution in [1.29, 1.82) is 0 Å². The van der Waals surface area contributed by atoms with Crippen molar-refractivity contribution in [2.45, 2.75) is 55.5 Å². The molecule has 0 spiro atoms. The van der Waals surface area contributed by atoms with Gasteiger partial charge in [0.15, 0.2) is 5.60 Å². The number of anilines is 2. The van der Waals surface area contributed by atoms with Crippen LogP contribution in [0.4, 0.5) is 33.7 Å². The van der Waals surface area contributed by atoms with E-state index in [0.29, 0.717) is 54.6 Å². The monoisotopic (exact) mass is 582 g/mol. The van der Waals surface area contributed by atoms with E-state index in [1.165, 1.54) is 12.1 Å². The number of aromatic nitrogens is 2. The van der Waals surface area contributed by atoms with Crippen molar-refractivity contribution in [1.82, 2.24) is 9.97 Å². The van der Waals surface area contributed by atoms with E-state index in [2.05, 4.69) is 4.36 Å². The molecule has 5 rings (SSSR count). The van der Waals surface area contributed by atoms with Crippen LogP contribution in [0.2, 0.25) is 0 Å². The Kier molecular flexibility index (Phi) is 7.99. The van der Waals surface area contributed by atoms with Crippen LogP contribution in [0.25, 0.3) is 10.9 Å². The largest absolute Gasteiger partial charge is 0.416 e. The number of fused-ring (bicyclic) bond motifs is 2. The second kappa shape index (κ2) is 11.2. The first-order valence-corrected chi connectivity index (χ1v) is 14.4. The molecule has 1 fully saturated rings. The third kappa shape index (κ3) is 5.91. The summed E-state index contributed by atoms with van der Waals surface area (Å²) in [5.41, 5.74) is 4.72. The summed E-state index contributed by atoms with van der Waals surface area (Å²) < 4.78 is 71.0. The van der Waals surface area contributed by atoms with E-state index in [-0.39, 0.29) is 18.2 Å². The molecule has 3 atom stereocenters. The molecule has 1 aromatic heterocycles. The Hall–Kier alpha value is -2.90. The lowest BCUT2D eigenvalue weighted by atomic mass is 10.0. The predicted molar refractivity (Wildman–Crippen MR) is 146 cm³/mol. The number of aliphatic hydroxyl groups is 1. The molecule has 0 aliphatic carbocycles. The summed E-state index contributed by atoms with van der Waals surface area (Å²) in [4.78, 5) is 14.5. The first-order valence-electron chi connectivity index (χ1n) is 13.0. The van der Waals surface area contributed by atoms with Crippen LogP contribution in [0.1, 0.15) is 37.3 Å². The van der Waals surface area contributed by atoms with Gasteiger partial charge >= 0.3 is 6.18 Å². The summed E-state index contributed by atoms with van der Waals surface area (Å²) >= 11 is 0. The van der Waals surface area contributed by atoms with Crippen LogP contribution in [0.3, 0.4) is 0 Å². The minimum atomic E-state index is -4.73. The summed E-state index contributed by atoms with van der Waals surface area (Å²) in [6, 6.07) is 12.0. The molecule has 3 aromatic rings. The number of hydrogen-bond donors (Lipinski definition) is 2. The number of rotatable bonds is 6. The number of benzene rings is 2. The molecule has 2 aliphatic heterocycles. The molecule has 0 radical (unpaired) electrons. The predicted octanol–water partition coefficient (Wildman–Crippen LogP) is 4.99. The Morgan fingerprint density at radius 3 is 2.60 bits per heavy atom. The lowest BCUT2D eigenvalue weighted by Crippen LogP contribution is -2.42. The quantitative estimate of drug-likeness (QED) is 0.398. The van der Waals surface area contributed by atoms with E-state index in [1.54, 1.807) is 6.07 Å². The molecule has 7 nitrogen and oxygen atoms in total. The number of nitrogens with zero attached hydrogens (tertiary/aromatic N) is 5. The zero-order valence-electron chi connectivity index (χ0n) is 21.9. The van der Waals surface area contributed by atoms with Crippen LogP contribution in [-0.4, -0.2) is 64.8 Å².